The Balaban J connectivity index is 1.62. The number of aryl methyl sites for hydroxylation is 1. The second-order valence-electron chi connectivity index (χ2n) is 5.44. The van der Waals surface area contributed by atoms with E-state index in [2.05, 4.69) is 20.3 Å². The molecule has 0 aliphatic heterocycles. The van der Waals surface area contributed by atoms with Crippen LogP contribution in [0.25, 0.3) is 21.6 Å². The maximum absolute atomic E-state index is 12.9. The summed E-state index contributed by atoms with van der Waals surface area (Å²) < 4.78 is 13.8. The number of halogens is 1. The number of amides is 1. The number of fused-ring (bicyclic) bond motifs is 1. The molecule has 1 amide bonds. The number of carbonyl (C=O) groups is 1. The minimum atomic E-state index is -0.997. The third-order valence-electron chi connectivity index (χ3n) is 3.65. The Labute approximate surface area is 129 Å². The van der Waals surface area contributed by atoms with E-state index >= 15 is 0 Å². The number of hydrogen-bond acceptors (Lipinski definition) is 4. The molecule has 2 atom stereocenters. The predicted molar refractivity (Wildman–Crippen MR) is 83.6 cm³/mol. The van der Waals surface area contributed by atoms with E-state index in [9.17, 15) is 9.18 Å². The summed E-state index contributed by atoms with van der Waals surface area (Å²) in [5, 5.41) is 3.20. The van der Waals surface area contributed by atoms with Gasteiger partial charge in [0.1, 0.15) is 12.0 Å². The summed E-state index contributed by atoms with van der Waals surface area (Å²) in [4.78, 5) is 23.6. The molecule has 1 aliphatic carbocycles. The summed E-state index contributed by atoms with van der Waals surface area (Å²) in [7, 11) is 0. The lowest BCUT2D eigenvalue weighted by molar-refractivity contribution is -0.117. The van der Waals surface area contributed by atoms with Crippen molar-refractivity contribution in [1.82, 2.24) is 15.0 Å². The third-order valence-corrected chi connectivity index (χ3v) is 4.58. The summed E-state index contributed by atoms with van der Waals surface area (Å²) in [6, 6.07) is 5.81. The standard InChI is InChI=1S/C15H13FN4OS/c1-7-6-17-13(18-7)8-2-3-11-12(4-8)22-15(19-11)20-14(21)9-5-10(9)16/h2-4,6,9-10H,5H2,1H3,(H,17,18)(H,19,20,21). The first-order valence-electron chi connectivity index (χ1n) is 6.98. The summed E-state index contributed by atoms with van der Waals surface area (Å²) in [5.74, 6) is 0.0127. The molecule has 3 aromatic rings. The smallest absolute Gasteiger partial charge is 0.232 e. The number of carbonyl (C=O) groups excluding carboxylic acids is 1. The van der Waals surface area contributed by atoms with Crippen LogP contribution in [0.2, 0.25) is 0 Å². The molecular weight excluding hydrogens is 303 g/mol. The van der Waals surface area contributed by atoms with Crippen LogP contribution >= 0.6 is 11.3 Å². The SMILES string of the molecule is Cc1c[nH]c(-c2ccc3nc(NC(=O)C4CC4F)sc3c2)n1. The third kappa shape index (κ3) is 2.37. The van der Waals surface area contributed by atoms with Crippen molar-refractivity contribution in [3.63, 3.8) is 0 Å². The second-order valence-corrected chi connectivity index (χ2v) is 6.47. The lowest BCUT2D eigenvalue weighted by atomic mass is 10.2. The highest BCUT2D eigenvalue weighted by Crippen LogP contribution is 2.36. The number of aromatic amines is 1. The van der Waals surface area contributed by atoms with E-state index in [-0.39, 0.29) is 5.91 Å². The maximum Gasteiger partial charge on any atom is 0.232 e. The van der Waals surface area contributed by atoms with E-state index < -0.39 is 12.1 Å². The molecule has 2 aromatic heterocycles. The Morgan fingerprint density at radius 2 is 2.27 bits per heavy atom. The minimum absolute atomic E-state index is 0.284. The highest BCUT2D eigenvalue weighted by Gasteiger charge is 2.43. The number of anilines is 1. The molecule has 1 aromatic carbocycles. The molecule has 1 aliphatic rings. The van der Waals surface area contributed by atoms with Gasteiger partial charge in [-0.3, -0.25) is 4.79 Å². The van der Waals surface area contributed by atoms with Crippen LogP contribution in [0.3, 0.4) is 0 Å². The largest absolute Gasteiger partial charge is 0.344 e. The number of hydrogen-bond donors (Lipinski definition) is 2. The Morgan fingerprint density at radius 1 is 1.45 bits per heavy atom. The molecule has 0 bridgehead atoms. The lowest BCUT2D eigenvalue weighted by Gasteiger charge is -1.97. The maximum atomic E-state index is 12.9. The predicted octanol–water partition coefficient (Wildman–Crippen LogP) is 3.29. The van der Waals surface area contributed by atoms with E-state index in [1.807, 2.05) is 31.3 Å². The molecule has 1 fully saturated rings. The van der Waals surface area contributed by atoms with Gasteiger partial charge in [-0.15, -0.1) is 0 Å². The number of H-pyrrole nitrogens is 1. The Kier molecular flexibility index (Phi) is 2.97. The molecule has 1 saturated carbocycles. The summed E-state index contributed by atoms with van der Waals surface area (Å²) in [6.45, 7) is 1.93. The van der Waals surface area contributed by atoms with Gasteiger partial charge in [0.15, 0.2) is 5.13 Å². The molecule has 0 radical (unpaired) electrons. The van der Waals surface area contributed by atoms with E-state index in [4.69, 9.17) is 0 Å². The van der Waals surface area contributed by atoms with Crippen LogP contribution in [-0.2, 0) is 4.79 Å². The number of imidazole rings is 1. The quantitative estimate of drug-likeness (QED) is 0.779. The van der Waals surface area contributed by atoms with Crippen molar-refractivity contribution in [1.29, 1.82) is 0 Å². The molecular formula is C15H13FN4OS. The van der Waals surface area contributed by atoms with Crippen LogP contribution in [0.4, 0.5) is 9.52 Å². The fourth-order valence-corrected chi connectivity index (χ4v) is 3.23. The van der Waals surface area contributed by atoms with E-state index in [0.717, 1.165) is 27.3 Å². The molecule has 2 N–H and O–H groups in total. The number of rotatable bonds is 3. The molecule has 2 unspecified atom stereocenters. The molecule has 0 spiro atoms. The second kappa shape index (κ2) is 4.88. The number of nitrogens with one attached hydrogen (secondary N) is 2. The van der Waals surface area contributed by atoms with Crippen LogP contribution in [-0.4, -0.2) is 27.0 Å². The zero-order valence-corrected chi connectivity index (χ0v) is 12.6. The zero-order chi connectivity index (χ0) is 15.3. The van der Waals surface area contributed by atoms with Crippen LogP contribution < -0.4 is 5.32 Å². The van der Waals surface area contributed by atoms with Crippen LogP contribution in [0, 0.1) is 12.8 Å². The van der Waals surface area contributed by atoms with E-state index in [1.54, 1.807) is 0 Å². The Bertz CT molecular complexity index is 871. The van der Waals surface area contributed by atoms with Gasteiger partial charge in [0.25, 0.3) is 0 Å². The van der Waals surface area contributed by atoms with Crippen molar-refractivity contribution in [2.75, 3.05) is 5.32 Å². The summed E-state index contributed by atoms with van der Waals surface area (Å²) >= 11 is 1.38. The van der Waals surface area contributed by atoms with Gasteiger partial charge in [-0.25, -0.2) is 14.4 Å². The van der Waals surface area contributed by atoms with Gasteiger partial charge in [-0.1, -0.05) is 11.3 Å². The van der Waals surface area contributed by atoms with Gasteiger partial charge < -0.3 is 10.3 Å². The summed E-state index contributed by atoms with van der Waals surface area (Å²) in [6.07, 6.45) is 1.17. The van der Waals surface area contributed by atoms with Crippen LogP contribution in [0.15, 0.2) is 24.4 Å². The fourth-order valence-electron chi connectivity index (χ4n) is 2.32. The Morgan fingerprint density at radius 3 is 2.95 bits per heavy atom. The number of thiazole rings is 1. The van der Waals surface area contributed by atoms with Crippen LogP contribution in [0.5, 0.6) is 0 Å². The number of aromatic nitrogens is 3. The average Bonchev–Trinajstić information content (AvgIpc) is 2.90. The highest BCUT2D eigenvalue weighted by atomic mass is 32.1. The normalized spacial score (nSPS) is 20.3. The molecule has 2 heterocycles. The first-order valence-corrected chi connectivity index (χ1v) is 7.80. The first kappa shape index (κ1) is 13.4. The minimum Gasteiger partial charge on any atom is -0.344 e. The van der Waals surface area contributed by atoms with Gasteiger partial charge in [0.2, 0.25) is 5.91 Å². The molecule has 22 heavy (non-hydrogen) atoms. The van der Waals surface area contributed by atoms with Crippen molar-refractivity contribution < 1.29 is 9.18 Å². The molecule has 0 saturated heterocycles. The van der Waals surface area contributed by atoms with Gasteiger partial charge in [0, 0.05) is 11.8 Å². The van der Waals surface area contributed by atoms with Gasteiger partial charge in [-0.2, -0.15) is 0 Å². The highest BCUT2D eigenvalue weighted by molar-refractivity contribution is 7.22. The topological polar surface area (TPSA) is 70.7 Å². The Hall–Kier alpha value is -2.28. The number of nitrogens with zero attached hydrogens (tertiary/aromatic N) is 2. The average molecular weight is 316 g/mol. The van der Waals surface area contributed by atoms with E-state index in [1.165, 1.54) is 11.3 Å². The molecule has 5 nitrogen and oxygen atoms in total. The van der Waals surface area contributed by atoms with Crippen molar-refractivity contribution in [2.45, 2.75) is 19.5 Å². The van der Waals surface area contributed by atoms with E-state index in [0.29, 0.717) is 11.6 Å². The summed E-state index contributed by atoms with van der Waals surface area (Å²) in [5.41, 5.74) is 2.70. The van der Waals surface area contributed by atoms with Gasteiger partial charge >= 0.3 is 0 Å². The number of alkyl halides is 1. The lowest BCUT2D eigenvalue weighted by Crippen LogP contribution is -2.14. The molecule has 4 rings (SSSR count). The zero-order valence-electron chi connectivity index (χ0n) is 11.8. The van der Waals surface area contributed by atoms with Gasteiger partial charge in [0.05, 0.1) is 21.8 Å². The first-order chi connectivity index (χ1) is 10.6. The van der Waals surface area contributed by atoms with Crippen molar-refractivity contribution >= 4 is 32.6 Å². The van der Waals surface area contributed by atoms with Crippen molar-refractivity contribution in [3.8, 4) is 11.4 Å². The molecule has 112 valence electrons. The fraction of sp³-hybridized carbons (Fsp3) is 0.267. The molecule has 7 heteroatoms. The monoisotopic (exact) mass is 316 g/mol. The van der Waals surface area contributed by atoms with Crippen molar-refractivity contribution in [2.24, 2.45) is 5.92 Å². The van der Waals surface area contributed by atoms with Crippen molar-refractivity contribution in [3.05, 3.63) is 30.1 Å². The van der Waals surface area contributed by atoms with Crippen LogP contribution in [0.1, 0.15) is 12.1 Å². The van der Waals surface area contributed by atoms with Gasteiger partial charge in [-0.05, 0) is 31.5 Å². The number of benzene rings is 1.